The van der Waals surface area contributed by atoms with Gasteiger partial charge in [-0.05, 0) is 18.1 Å². The average molecular weight is 291 g/mol. The molecule has 1 aromatic rings. The van der Waals surface area contributed by atoms with Gasteiger partial charge in [0.1, 0.15) is 5.25 Å². The molecule has 1 aliphatic heterocycles. The molecule has 0 radical (unpaired) electrons. The molecular weight excluding hydrogens is 274 g/mol. The first kappa shape index (κ1) is 14.6. The fourth-order valence-electron chi connectivity index (χ4n) is 1.97. The van der Waals surface area contributed by atoms with E-state index in [9.17, 15) is 9.59 Å². The van der Waals surface area contributed by atoms with Crippen LogP contribution in [0.2, 0.25) is 0 Å². The molecular formula is C14H17N3O2S. The molecule has 20 heavy (non-hydrogen) atoms. The van der Waals surface area contributed by atoms with Crippen LogP contribution in [0.5, 0.6) is 0 Å². The molecule has 1 atom stereocenters. The number of hydrogen-bond acceptors (Lipinski definition) is 4. The highest BCUT2D eigenvalue weighted by Crippen LogP contribution is 2.23. The topological polar surface area (TPSA) is 70.6 Å². The number of hydrogen-bond donors (Lipinski definition) is 2. The third-order valence-electron chi connectivity index (χ3n) is 3.02. The van der Waals surface area contributed by atoms with Gasteiger partial charge in [0.2, 0.25) is 11.8 Å². The Hall–Kier alpha value is -1.82. The number of nitrogens with zero attached hydrogens (tertiary/aromatic N) is 1. The maximum atomic E-state index is 12.0. The molecule has 2 amide bonds. The molecule has 0 spiro atoms. The van der Waals surface area contributed by atoms with E-state index in [2.05, 4.69) is 15.6 Å². The average Bonchev–Trinajstić information content (AvgIpc) is 2.80. The summed E-state index contributed by atoms with van der Waals surface area (Å²) in [5.74, 6) is -0.314. The number of aryl methyl sites for hydroxylation is 1. The van der Waals surface area contributed by atoms with Crippen molar-refractivity contribution in [2.24, 2.45) is 4.99 Å². The van der Waals surface area contributed by atoms with Crippen LogP contribution in [0, 0.1) is 0 Å². The van der Waals surface area contributed by atoms with Crippen LogP contribution < -0.4 is 10.6 Å². The van der Waals surface area contributed by atoms with Crippen molar-refractivity contribution in [3.63, 3.8) is 0 Å². The SMILES string of the molecule is CCc1ccccc1NC(=O)CC1SC(=NC)NC1=O. The summed E-state index contributed by atoms with van der Waals surface area (Å²) in [6, 6.07) is 7.68. The molecule has 1 aromatic carbocycles. The number of nitrogens with one attached hydrogen (secondary N) is 2. The van der Waals surface area contributed by atoms with E-state index in [0.29, 0.717) is 5.17 Å². The highest BCUT2D eigenvalue weighted by Gasteiger charge is 2.31. The van der Waals surface area contributed by atoms with Crippen LogP contribution in [0.25, 0.3) is 0 Å². The van der Waals surface area contributed by atoms with Gasteiger partial charge in [-0.3, -0.25) is 14.6 Å². The van der Waals surface area contributed by atoms with Gasteiger partial charge in [0, 0.05) is 19.2 Å². The summed E-state index contributed by atoms with van der Waals surface area (Å²) in [5, 5.41) is 5.68. The number of benzene rings is 1. The van der Waals surface area contributed by atoms with E-state index < -0.39 is 5.25 Å². The van der Waals surface area contributed by atoms with Gasteiger partial charge in [-0.1, -0.05) is 36.9 Å². The lowest BCUT2D eigenvalue weighted by molar-refractivity contribution is -0.122. The molecule has 1 heterocycles. The Kier molecular flexibility index (Phi) is 4.79. The molecule has 5 nitrogen and oxygen atoms in total. The van der Waals surface area contributed by atoms with Crippen molar-refractivity contribution < 1.29 is 9.59 Å². The Morgan fingerprint density at radius 2 is 2.20 bits per heavy atom. The van der Waals surface area contributed by atoms with E-state index in [0.717, 1.165) is 17.7 Å². The molecule has 2 N–H and O–H groups in total. The molecule has 2 rings (SSSR count). The maximum Gasteiger partial charge on any atom is 0.240 e. The van der Waals surface area contributed by atoms with Gasteiger partial charge in [-0.15, -0.1) is 0 Å². The lowest BCUT2D eigenvalue weighted by Crippen LogP contribution is -2.28. The van der Waals surface area contributed by atoms with Gasteiger partial charge in [0.15, 0.2) is 5.17 Å². The lowest BCUT2D eigenvalue weighted by Gasteiger charge is -2.10. The fraction of sp³-hybridized carbons (Fsp3) is 0.357. The predicted octanol–water partition coefficient (Wildman–Crippen LogP) is 1.79. The first-order valence-electron chi connectivity index (χ1n) is 6.46. The summed E-state index contributed by atoms with van der Waals surface area (Å²) in [6.07, 6.45) is 0.995. The maximum absolute atomic E-state index is 12.0. The number of para-hydroxylation sites is 1. The number of amides is 2. The van der Waals surface area contributed by atoms with Crippen molar-refractivity contribution in [2.75, 3.05) is 12.4 Å². The van der Waals surface area contributed by atoms with Crippen LogP contribution in [-0.4, -0.2) is 29.3 Å². The van der Waals surface area contributed by atoms with Gasteiger partial charge in [0.05, 0.1) is 0 Å². The van der Waals surface area contributed by atoms with E-state index in [-0.39, 0.29) is 18.2 Å². The van der Waals surface area contributed by atoms with Crippen molar-refractivity contribution in [1.82, 2.24) is 5.32 Å². The van der Waals surface area contributed by atoms with Crippen LogP contribution in [0.1, 0.15) is 18.9 Å². The highest BCUT2D eigenvalue weighted by atomic mass is 32.2. The lowest BCUT2D eigenvalue weighted by atomic mass is 10.1. The summed E-state index contributed by atoms with van der Waals surface area (Å²) >= 11 is 1.30. The predicted molar refractivity (Wildman–Crippen MR) is 81.9 cm³/mol. The van der Waals surface area contributed by atoms with Gasteiger partial charge < -0.3 is 10.6 Å². The summed E-state index contributed by atoms with van der Waals surface area (Å²) in [6.45, 7) is 2.04. The van der Waals surface area contributed by atoms with Gasteiger partial charge >= 0.3 is 0 Å². The van der Waals surface area contributed by atoms with Crippen LogP contribution in [-0.2, 0) is 16.0 Å². The van der Waals surface area contributed by atoms with Crippen LogP contribution in [0.15, 0.2) is 29.3 Å². The number of carbonyl (C=O) groups is 2. The fourth-order valence-corrected chi connectivity index (χ4v) is 2.90. The monoisotopic (exact) mass is 291 g/mol. The third-order valence-corrected chi connectivity index (χ3v) is 4.20. The highest BCUT2D eigenvalue weighted by molar-refractivity contribution is 8.15. The largest absolute Gasteiger partial charge is 0.326 e. The molecule has 1 aliphatic rings. The van der Waals surface area contributed by atoms with Crippen LogP contribution in [0.3, 0.4) is 0 Å². The van der Waals surface area contributed by atoms with Crippen molar-refractivity contribution in [1.29, 1.82) is 0 Å². The van der Waals surface area contributed by atoms with Crippen molar-refractivity contribution in [3.8, 4) is 0 Å². The quantitative estimate of drug-likeness (QED) is 0.888. The van der Waals surface area contributed by atoms with Gasteiger partial charge in [-0.25, -0.2) is 0 Å². The molecule has 106 valence electrons. The number of rotatable bonds is 4. The summed E-state index contributed by atoms with van der Waals surface area (Å²) in [4.78, 5) is 27.6. The molecule has 0 aliphatic carbocycles. The van der Waals surface area contributed by atoms with E-state index >= 15 is 0 Å². The second-order valence-corrected chi connectivity index (χ2v) is 5.58. The van der Waals surface area contributed by atoms with Crippen molar-refractivity contribution in [2.45, 2.75) is 25.0 Å². The van der Waals surface area contributed by atoms with E-state index in [4.69, 9.17) is 0 Å². The molecule has 6 heteroatoms. The molecule has 0 saturated carbocycles. The summed E-state index contributed by atoms with van der Waals surface area (Å²) < 4.78 is 0. The number of carbonyl (C=O) groups excluding carboxylic acids is 2. The summed E-state index contributed by atoms with van der Waals surface area (Å²) in [5.41, 5.74) is 1.90. The number of thioether (sulfide) groups is 1. The first-order valence-corrected chi connectivity index (χ1v) is 7.34. The van der Waals surface area contributed by atoms with Crippen molar-refractivity contribution in [3.05, 3.63) is 29.8 Å². The van der Waals surface area contributed by atoms with Gasteiger partial charge in [-0.2, -0.15) is 0 Å². The molecule has 1 saturated heterocycles. The minimum Gasteiger partial charge on any atom is -0.326 e. The zero-order valence-electron chi connectivity index (χ0n) is 11.5. The minimum atomic E-state index is -0.400. The smallest absolute Gasteiger partial charge is 0.240 e. The third kappa shape index (κ3) is 3.39. The Morgan fingerprint density at radius 1 is 1.45 bits per heavy atom. The Labute approximate surface area is 122 Å². The number of amidine groups is 1. The number of aliphatic imine (C=N–C) groups is 1. The van der Waals surface area contributed by atoms with E-state index in [1.807, 2.05) is 31.2 Å². The second-order valence-electron chi connectivity index (χ2n) is 4.39. The molecule has 0 bridgehead atoms. The standard InChI is InChI=1S/C14H17N3O2S/c1-3-9-6-4-5-7-10(9)16-12(18)8-11-13(19)17-14(15-2)20-11/h4-7,11H,3,8H2,1-2H3,(H,16,18)(H,15,17,19). The zero-order valence-corrected chi connectivity index (χ0v) is 12.3. The minimum absolute atomic E-state index is 0.146. The zero-order chi connectivity index (χ0) is 14.5. The van der Waals surface area contributed by atoms with Crippen LogP contribution >= 0.6 is 11.8 Å². The van der Waals surface area contributed by atoms with E-state index in [1.54, 1.807) is 7.05 Å². The Morgan fingerprint density at radius 3 is 2.85 bits per heavy atom. The van der Waals surface area contributed by atoms with Gasteiger partial charge in [0.25, 0.3) is 0 Å². The normalized spacial score (nSPS) is 20.0. The van der Waals surface area contributed by atoms with E-state index in [1.165, 1.54) is 11.8 Å². The molecule has 1 unspecified atom stereocenters. The van der Waals surface area contributed by atoms with Crippen LogP contribution in [0.4, 0.5) is 5.69 Å². The Balaban J connectivity index is 1.98. The first-order chi connectivity index (χ1) is 9.63. The summed E-state index contributed by atoms with van der Waals surface area (Å²) in [7, 11) is 1.61. The van der Waals surface area contributed by atoms with Crippen molar-refractivity contribution >= 4 is 34.4 Å². The Bertz CT molecular complexity index is 557. The second kappa shape index (κ2) is 6.56. The number of anilines is 1. The molecule has 0 aromatic heterocycles. The molecule has 1 fully saturated rings.